The molecule has 2 aromatic carbocycles. The molecule has 19 heavy (non-hydrogen) atoms. The van der Waals surface area contributed by atoms with Gasteiger partial charge in [0.15, 0.2) is 0 Å². The van der Waals surface area contributed by atoms with Crippen molar-refractivity contribution < 1.29 is 4.74 Å². The third-order valence-electron chi connectivity index (χ3n) is 2.92. The van der Waals surface area contributed by atoms with Crippen LogP contribution in [0.4, 0.5) is 5.69 Å². The van der Waals surface area contributed by atoms with Crippen LogP contribution in [-0.2, 0) is 6.54 Å². The van der Waals surface area contributed by atoms with Gasteiger partial charge in [-0.1, -0.05) is 35.9 Å². The number of nitrogens with one attached hydrogen (secondary N) is 1. The second kappa shape index (κ2) is 5.92. The van der Waals surface area contributed by atoms with Gasteiger partial charge in [-0.2, -0.15) is 5.26 Å². The molecule has 3 heteroatoms. The van der Waals surface area contributed by atoms with Gasteiger partial charge in [-0.3, -0.25) is 0 Å². The van der Waals surface area contributed by atoms with Crippen molar-refractivity contribution in [3.63, 3.8) is 0 Å². The average molecular weight is 252 g/mol. The van der Waals surface area contributed by atoms with Gasteiger partial charge in [0.2, 0.25) is 0 Å². The first kappa shape index (κ1) is 13.0. The molecule has 3 nitrogen and oxygen atoms in total. The minimum Gasteiger partial charge on any atom is -0.495 e. The van der Waals surface area contributed by atoms with E-state index >= 15 is 0 Å². The predicted molar refractivity (Wildman–Crippen MR) is 76.2 cm³/mol. The molecule has 0 fully saturated rings. The average Bonchev–Trinajstić information content (AvgIpc) is 2.44. The summed E-state index contributed by atoms with van der Waals surface area (Å²) in [4.78, 5) is 0. The minimum absolute atomic E-state index is 0.590. The van der Waals surface area contributed by atoms with Crippen LogP contribution in [-0.4, -0.2) is 7.11 Å². The van der Waals surface area contributed by atoms with E-state index in [-0.39, 0.29) is 0 Å². The van der Waals surface area contributed by atoms with Gasteiger partial charge in [0, 0.05) is 6.54 Å². The molecular weight excluding hydrogens is 236 g/mol. The second-order valence-corrected chi connectivity index (χ2v) is 4.34. The van der Waals surface area contributed by atoms with Crippen LogP contribution in [0.25, 0.3) is 0 Å². The van der Waals surface area contributed by atoms with Crippen LogP contribution in [0.1, 0.15) is 16.7 Å². The fraction of sp³-hybridized carbons (Fsp3) is 0.188. The zero-order valence-electron chi connectivity index (χ0n) is 11.1. The quantitative estimate of drug-likeness (QED) is 0.906. The molecule has 0 saturated carbocycles. The molecule has 2 aromatic rings. The Kier molecular flexibility index (Phi) is 4.04. The summed E-state index contributed by atoms with van der Waals surface area (Å²) in [5.74, 6) is 0.687. The second-order valence-electron chi connectivity index (χ2n) is 4.34. The Bertz CT molecular complexity index is 614. The van der Waals surface area contributed by atoms with Crippen LogP contribution in [0.15, 0.2) is 42.5 Å². The monoisotopic (exact) mass is 252 g/mol. The highest BCUT2D eigenvalue weighted by Gasteiger charge is 2.08. The van der Waals surface area contributed by atoms with Crippen molar-refractivity contribution in [1.82, 2.24) is 0 Å². The summed E-state index contributed by atoms with van der Waals surface area (Å²) >= 11 is 0. The zero-order valence-corrected chi connectivity index (χ0v) is 11.1. The Hall–Kier alpha value is -2.47. The molecule has 0 saturated heterocycles. The predicted octanol–water partition coefficient (Wildman–Crippen LogP) is 3.49. The highest BCUT2D eigenvalue weighted by Crippen LogP contribution is 2.28. The molecule has 1 N–H and O–H groups in total. The number of hydrogen-bond donors (Lipinski definition) is 1. The molecule has 0 bridgehead atoms. The number of benzene rings is 2. The summed E-state index contributed by atoms with van der Waals surface area (Å²) in [6, 6.07) is 15.9. The van der Waals surface area contributed by atoms with Crippen molar-refractivity contribution in [3.8, 4) is 11.8 Å². The summed E-state index contributed by atoms with van der Waals surface area (Å²) in [6.45, 7) is 2.73. The van der Waals surface area contributed by atoms with E-state index in [0.717, 1.165) is 5.69 Å². The number of para-hydroxylation sites is 1. The maximum Gasteiger partial charge on any atom is 0.143 e. The van der Waals surface area contributed by atoms with Gasteiger partial charge in [0.05, 0.1) is 18.4 Å². The van der Waals surface area contributed by atoms with Crippen molar-refractivity contribution in [3.05, 3.63) is 59.2 Å². The Morgan fingerprint density at radius 3 is 2.68 bits per heavy atom. The number of hydrogen-bond acceptors (Lipinski definition) is 3. The number of rotatable bonds is 4. The molecule has 0 aliphatic heterocycles. The van der Waals surface area contributed by atoms with Crippen LogP contribution in [0.5, 0.6) is 5.75 Å². The molecule has 0 aromatic heterocycles. The van der Waals surface area contributed by atoms with E-state index in [2.05, 4.69) is 36.5 Å². The minimum atomic E-state index is 0.590. The first-order valence-electron chi connectivity index (χ1n) is 6.11. The lowest BCUT2D eigenvalue weighted by Crippen LogP contribution is -2.03. The largest absolute Gasteiger partial charge is 0.495 e. The zero-order chi connectivity index (χ0) is 13.7. The van der Waals surface area contributed by atoms with Crippen LogP contribution in [0, 0.1) is 18.3 Å². The summed E-state index contributed by atoms with van der Waals surface area (Å²) in [5.41, 5.74) is 3.73. The first-order valence-corrected chi connectivity index (χ1v) is 6.11. The normalized spacial score (nSPS) is 9.74. The van der Waals surface area contributed by atoms with Gasteiger partial charge in [-0.25, -0.2) is 0 Å². The summed E-state index contributed by atoms with van der Waals surface area (Å²) in [6.07, 6.45) is 0. The molecular formula is C16H16N2O. The Labute approximate surface area is 113 Å². The first-order chi connectivity index (χ1) is 9.24. The summed E-state index contributed by atoms with van der Waals surface area (Å²) in [5, 5.41) is 12.4. The third-order valence-corrected chi connectivity index (χ3v) is 2.92. The van der Waals surface area contributed by atoms with Gasteiger partial charge in [-0.05, 0) is 24.6 Å². The van der Waals surface area contributed by atoms with Crippen molar-refractivity contribution in [2.24, 2.45) is 0 Å². The molecule has 2 rings (SSSR count). The Morgan fingerprint density at radius 2 is 2.00 bits per heavy atom. The smallest absolute Gasteiger partial charge is 0.143 e. The molecule has 0 spiro atoms. The van der Waals surface area contributed by atoms with E-state index in [0.29, 0.717) is 17.9 Å². The number of methoxy groups -OCH3 is 1. The maximum atomic E-state index is 9.13. The van der Waals surface area contributed by atoms with E-state index in [1.807, 2.05) is 18.2 Å². The Morgan fingerprint density at radius 1 is 1.21 bits per heavy atom. The third kappa shape index (κ3) is 3.05. The standard InChI is InChI=1S/C16H16N2O/c1-12-5-3-6-13(9-12)11-18-16-14(10-17)7-4-8-15(16)19-2/h3-9,18H,11H2,1-2H3. The molecule has 0 radical (unpaired) electrons. The van der Waals surface area contributed by atoms with Gasteiger partial charge in [0.25, 0.3) is 0 Å². The van der Waals surface area contributed by atoms with E-state index < -0.39 is 0 Å². The van der Waals surface area contributed by atoms with Gasteiger partial charge >= 0.3 is 0 Å². The molecule has 0 amide bonds. The molecule has 96 valence electrons. The highest BCUT2D eigenvalue weighted by atomic mass is 16.5. The van der Waals surface area contributed by atoms with E-state index in [9.17, 15) is 0 Å². The maximum absolute atomic E-state index is 9.13. The fourth-order valence-corrected chi connectivity index (χ4v) is 1.99. The highest BCUT2D eigenvalue weighted by molar-refractivity contribution is 5.66. The molecule has 0 unspecified atom stereocenters. The topological polar surface area (TPSA) is 45.0 Å². The van der Waals surface area contributed by atoms with Crippen LogP contribution >= 0.6 is 0 Å². The van der Waals surface area contributed by atoms with Gasteiger partial charge in [-0.15, -0.1) is 0 Å². The number of anilines is 1. The number of nitriles is 1. The number of ether oxygens (including phenoxy) is 1. The van der Waals surface area contributed by atoms with Crippen LogP contribution < -0.4 is 10.1 Å². The van der Waals surface area contributed by atoms with Crippen LogP contribution in [0.3, 0.4) is 0 Å². The lowest BCUT2D eigenvalue weighted by Gasteiger charge is -2.12. The lowest BCUT2D eigenvalue weighted by molar-refractivity contribution is 0.416. The number of aryl methyl sites for hydroxylation is 1. The van der Waals surface area contributed by atoms with Crippen molar-refractivity contribution >= 4 is 5.69 Å². The van der Waals surface area contributed by atoms with Crippen molar-refractivity contribution in [2.45, 2.75) is 13.5 Å². The van der Waals surface area contributed by atoms with E-state index in [1.54, 1.807) is 13.2 Å². The lowest BCUT2D eigenvalue weighted by atomic mass is 10.1. The Balaban J connectivity index is 2.22. The van der Waals surface area contributed by atoms with Crippen LogP contribution in [0.2, 0.25) is 0 Å². The van der Waals surface area contributed by atoms with E-state index in [4.69, 9.17) is 10.00 Å². The van der Waals surface area contributed by atoms with Gasteiger partial charge in [0.1, 0.15) is 11.8 Å². The fourth-order valence-electron chi connectivity index (χ4n) is 1.99. The SMILES string of the molecule is COc1cccc(C#N)c1NCc1cccc(C)c1. The summed E-state index contributed by atoms with van der Waals surface area (Å²) in [7, 11) is 1.61. The molecule has 0 aliphatic carbocycles. The van der Waals surface area contributed by atoms with E-state index in [1.165, 1.54) is 11.1 Å². The van der Waals surface area contributed by atoms with Crippen molar-refractivity contribution in [2.75, 3.05) is 12.4 Å². The molecule has 0 atom stereocenters. The number of nitrogens with zero attached hydrogens (tertiary/aromatic N) is 1. The van der Waals surface area contributed by atoms with Gasteiger partial charge < -0.3 is 10.1 Å². The molecule has 0 heterocycles. The van der Waals surface area contributed by atoms with Crippen molar-refractivity contribution in [1.29, 1.82) is 5.26 Å². The molecule has 0 aliphatic rings. The summed E-state index contributed by atoms with van der Waals surface area (Å²) < 4.78 is 5.29.